The summed E-state index contributed by atoms with van der Waals surface area (Å²) in [6.07, 6.45) is -3.20. The molecule has 2 fully saturated rings. The van der Waals surface area contributed by atoms with Crippen LogP contribution in [0.3, 0.4) is 0 Å². The number of nitrogens with one attached hydrogen (secondary N) is 6. The first-order chi connectivity index (χ1) is 39.9. The van der Waals surface area contributed by atoms with Crippen molar-refractivity contribution in [3.05, 3.63) is 23.3 Å². The number of primary amides is 1. The van der Waals surface area contributed by atoms with Gasteiger partial charge in [0.1, 0.15) is 34.7 Å². The Hall–Kier alpha value is -6.62. The van der Waals surface area contributed by atoms with Crippen LogP contribution in [0.25, 0.3) is 10.9 Å². The number of aliphatic hydroxyl groups excluding tert-OH is 3. The first-order valence-corrected chi connectivity index (χ1v) is 30.9. The number of methoxy groups -OCH3 is 1. The Morgan fingerprint density at radius 3 is 2.26 bits per heavy atom. The average molecular weight is 1210 g/mol. The van der Waals surface area contributed by atoms with E-state index in [0.29, 0.717) is 53.7 Å². The van der Waals surface area contributed by atoms with E-state index in [9.17, 15) is 72.9 Å². The first kappa shape index (κ1) is 66.5. The lowest BCUT2D eigenvalue weighted by Gasteiger charge is -2.32. The van der Waals surface area contributed by atoms with Gasteiger partial charge < -0.3 is 62.3 Å². The lowest BCUT2D eigenvalue weighted by Crippen LogP contribution is -2.60. The van der Waals surface area contributed by atoms with Crippen molar-refractivity contribution in [3.63, 3.8) is 0 Å². The summed E-state index contributed by atoms with van der Waals surface area (Å²) in [4.78, 5) is 170. The van der Waals surface area contributed by atoms with Crippen LogP contribution in [-0.4, -0.2) is 193 Å². The standard InChI is InChI=1S/C56H79N9O17S2/c1-6-28(2)36-19-33(68)22-58-50(75)31-17-37-35-12-13-44(82-5)38(26-83-15-9-11-32(67)10-7-8-14-64-47(74)16-29(3)55(64)79)49(35)63-54(37)84(81)27-40(60-46(73)23-59-51(36)76)52(77)61-39(21-45(57)72)56(80)65-24-34(69)20-41(65)53(78)62-48(42(70)18-31)30(4)43(71)25-66/h12-13,28-31,34,36,39-41,43,48,63,66,69,71H,6-11,14-27H2,1-5H3,(H2,57,72)(H,58,75)(H,59,76)(H,60,73)(H,61,77)(H,62,78)/t28-,29?,30-,31+,34+,36-,39-,40-,41-,43-,48-,84?/m0/s1. The highest BCUT2D eigenvalue weighted by atomic mass is 32.2. The van der Waals surface area contributed by atoms with Crippen molar-refractivity contribution in [1.29, 1.82) is 0 Å². The zero-order chi connectivity index (χ0) is 61.7. The summed E-state index contributed by atoms with van der Waals surface area (Å²) in [6.45, 7) is 4.05. The van der Waals surface area contributed by atoms with E-state index in [0.717, 1.165) is 4.90 Å². The summed E-state index contributed by atoms with van der Waals surface area (Å²) in [5.41, 5.74) is 6.66. The number of rotatable bonds is 19. The SMILES string of the molecule is CC[C@H](C)[C@@H]1CC(=O)CNC(=O)[C@H]2CC(=O)[C@H]([C@@H](C)[C@@H](O)CO)NC(=O)[C@@H]3C[C@@H](O)CN3C(=O)[C@H](CC(N)=O)NC(=O)[C@H](CS(=O)c3[nH]c4c(CSCCCC(=O)CCCCN5C(=O)CC(C)C5=O)c(OC)ccc4c3C2)NC(=O)CNC1=O. The van der Waals surface area contributed by atoms with Crippen LogP contribution in [0.2, 0.25) is 0 Å². The highest BCUT2D eigenvalue weighted by molar-refractivity contribution is 7.98. The Balaban J connectivity index is 1.44. The number of benzene rings is 1. The predicted octanol–water partition coefficient (Wildman–Crippen LogP) is -1.29. The molecule has 1 aromatic heterocycles. The molecule has 2 unspecified atom stereocenters. The number of ketones is 3. The maximum atomic E-state index is 15.3. The van der Waals surface area contributed by atoms with E-state index >= 15 is 4.21 Å². The Morgan fingerprint density at radius 1 is 0.881 bits per heavy atom. The molecule has 4 aliphatic rings. The lowest BCUT2D eigenvalue weighted by molar-refractivity contribution is -0.144. The largest absolute Gasteiger partial charge is 0.496 e. The van der Waals surface area contributed by atoms with Crippen molar-refractivity contribution < 1.29 is 81.8 Å². The molecule has 2 aromatic rings. The van der Waals surface area contributed by atoms with Gasteiger partial charge in [-0.05, 0) is 55.1 Å². The second kappa shape index (κ2) is 30.5. The second-order valence-corrected chi connectivity index (χ2v) is 24.9. The molecule has 0 radical (unpaired) electrons. The maximum Gasteiger partial charge on any atom is 0.246 e. The summed E-state index contributed by atoms with van der Waals surface area (Å²) < 4.78 is 21.1. The van der Waals surface area contributed by atoms with Crippen molar-refractivity contribution in [2.75, 3.05) is 51.4 Å². The van der Waals surface area contributed by atoms with Gasteiger partial charge in [0.15, 0.2) is 11.6 Å². The molecule has 28 heteroatoms. The third-order valence-corrected chi connectivity index (χ3v) is 18.7. The van der Waals surface area contributed by atoms with E-state index in [-0.39, 0.29) is 72.1 Å². The van der Waals surface area contributed by atoms with Crippen molar-refractivity contribution in [2.45, 2.75) is 152 Å². The predicted molar refractivity (Wildman–Crippen MR) is 304 cm³/mol. The molecule has 1 aromatic carbocycles. The average Bonchev–Trinajstić information content (AvgIpc) is 2.41. The van der Waals surface area contributed by atoms with Crippen LogP contribution in [0.15, 0.2) is 17.2 Å². The molecular formula is C56H79N9O17S2. The third kappa shape index (κ3) is 16.8. The number of ether oxygens (including phenoxy) is 1. The fourth-order valence-corrected chi connectivity index (χ4v) is 13.4. The highest BCUT2D eigenvalue weighted by Gasteiger charge is 2.45. The summed E-state index contributed by atoms with van der Waals surface area (Å²) in [5, 5.41) is 44.8. The van der Waals surface area contributed by atoms with Gasteiger partial charge in [0.2, 0.25) is 53.2 Å². The third-order valence-electron chi connectivity index (χ3n) is 16.2. The number of carbonyl (C=O) groups is 12. The summed E-state index contributed by atoms with van der Waals surface area (Å²) in [5.74, 6) is -13.0. The minimum atomic E-state index is -2.42. The molecule has 11 N–H and O–H groups in total. The Morgan fingerprint density at radius 2 is 1.60 bits per heavy atom. The normalized spacial score (nSPS) is 26.6. The molecular weight excluding hydrogens is 1130 g/mol. The number of hydrogen-bond donors (Lipinski definition) is 10. The zero-order valence-corrected chi connectivity index (χ0v) is 49.6. The number of aromatic nitrogens is 1. The number of H-pyrrole nitrogens is 1. The van der Waals surface area contributed by atoms with Crippen molar-refractivity contribution >= 4 is 104 Å². The monoisotopic (exact) mass is 1210 g/mol. The molecule has 0 spiro atoms. The number of Topliss-reactive ketones (excluding diaryl/α,β-unsaturated/α-hetero) is 3. The van der Waals surface area contributed by atoms with Gasteiger partial charge in [-0.25, -0.2) is 0 Å². The molecule has 5 heterocycles. The number of aromatic amines is 1. The van der Waals surface area contributed by atoms with E-state index in [1.807, 2.05) is 0 Å². The smallest absolute Gasteiger partial charge is 0.246 e. The fourth-order valence-electron chi connectivity index (χ4n) is 11.1. The minimum absolute atomic E-state index is 0.0110. The van der Waals surface area contributed by atoms with Gasteiger partial charge in [0.25, 0.3) is 0 Å². The molecule has 9 amide bonds. The van der Waals surface area contributed by atoms with Gasteiger partial charge in [0.05, 0.1) is 73.5 Å². The van der Waals surface area contributed by atoms with Crippen LogP contribution in [0.5, 0.6) is 5.75 Å². The van der Waals surface area contributed by atoms with Gasteiger partial charge in [-0.2, -0.15) is 11.8 Å². The number of amides is 9. The molecule has 84 heavy (non-hydrogen) atoms. The fraction of sp³-hybridized carbons (Fsp3) is 0.643. The summed E-state index contributed by atoms with van der Waals surface area (Å²) >= 11 is 1.44. The summed E-state index contributed by atoms with van der Waals surface area (Å²) in [6, 6.07) is -3.71. The van der Waals surface area contributed by atoms with E-state index in [1.165, 1.54) is 30.7 Å². The number of fused-ring (bicyclic) bond motifs is 5. The minimum Gasteiger partial charge on any atom is -0.496 e. The first-order valence-electron chi connectivity index (χ1n) is 28.5. The highest BCUT2D eigenvalue weighted by Crippen LogP contribution is 2.37. The zero-order valence-electron chi connectivity index (χ0n) is 48.0. The van der Waals surface area contributed by atoms with Crippen molar-refractivity contribution in [1.82, 2.24) is 41.4 Å². The molecule has 26 nitrogen and oxygen atoms in total. The number of nitrogens with two attached hydrogens (primary N) is 1. The Bertz CT molecular complexity index is 2880. The van der Waals surface area contributed by atoms with Crippen LogP contribution >= 0.6 is 11.8 Å². The van der Waals surface area contributed by atoms with Crippen LogP contribution in [0.4, 0.5) is 0 Å². The van der Waals surface area contributed by atoms with Crippen molar-refractivity contribution in [2.24, 2.45) is 35.3 Å². The number of nitrogens with zero attached hydrogens (tertiary/aromatic N) is 2. The van der Waals surface area contributed by atoms with Gasteiger partial charge in [0, 0.05) is 92.0 Å². The van der Waals surface area contributed by atoms with E-state index in [4.69, 9.17) is 10.5 Å². The lowest BCUT2D eigenvalue weighted by atomic mass is 9.85. The van der Waals surface area contributed by atoms with Gasteiger partial charge >= 0.3 is 0 Å². The van der Waals surface area contributed by atoms with Crippen LogP contribution < -0.4 is 37.1 Å². The molecule has 462 valence electrons. The summed E-state index contributed by atoms with van der Waals surface area (Å²) in [7, 11) is -0.987. The van der Waals surface area contributed by atoms with Gasteiger partial charge in [-0.1, -0.05) is 34.1 Å². The van der Waals surface area contributed by atoms with E-state index in [2.05, 4.69) is 31.6 Å². The molecule has 4 aliphatic heterocycles. The number of carbonyl (C=O) groups excluding carboxylic acids is 12. The molecule has 6 rings (SSSR count). The van der Waals surface area contributed by atoms with Crippen LogP contribution in [0, 0.1) is 29.6 Å². The van der Waals surface area contributed by atoms with Crippen LogP contribution in [0.1, 0.15) is 109 Å². The molecule has 2 bridgehead atoms. The quantitative estimate of drug-likeness (QED) is 0.0578. The molecule has 2 saturated heterocycles. The number of thioether (sulfide) groups is 1. The van der Waals surface area contributed by atoms with Crippen LogP contribution in [-0.2, 0) is 80.5 Å². The molecule has 12 atom stereocenters. The molecule has 0 aliphatic carbocycles. The number of imide groups is 1. The van der Waals surface area contributed by atoms with Crippen molar-refractivity contribution in [3.8, 4) is 5.75 Å². The number of likely N-dealkylation sites (tertiary alicyclic amines) is 1. The van der Waals surface area contributed by atoms with E-state index in [1.54, 1.807) is 32.9 Å². The maximum absolute atomic E-state index is 15.3. The van der Waals surface area contributed by atoms with Gasteiger partial charge in [-0.15, -0.1) is 0 Å². The topological polar surface area (TPSA) is 400 Å². The number of aliphatic hydroxyl groups is 3. The number of hydrogen-bond acceptors (Lipinski definition) is 18. The second-order valence-electron chi connectivity index (χ2n) is 22.3. The van der Waals surface area contributed by atoms with E-state index < -0.39 is 181 Å². The Kier molecular flexibility index (Phi) is 24.1. The molecule has 0 saturated carbocycles. The van der Waals surface area contributed by atoms with Gasteiger partial charge in [-0.3, -0.25) is 66.6 Å². The number of unbranched alkanes of at least 4 members (excludes halogenated alkanes) is 1. The Labute approximate surface area is 492 Å².